The lowest BCUT2D eigenvalue weighted by molar-refractivity contribution is -0.148. The summed E-state index contributed by atoms with van der Waals surface area (Å²) >= 11 is 0. The van der Waals surface area contributed by atoms with Crippen molar-refractivity contribution < 1.29 is 9.53 Å². The van der Waals surface area contributed by atoms with Gasteiger partial charge in [0, 0.05) is 25.6 Å². The molecule has 0 bridgehead atoms. The summed E-state index contributed by atoms with van der Waals surface area (Å²) in [4.78, 5) is 14.9. The molecule has 0 N–H and O–H groups in total. The van der Waals surface area contributed by atoms with Gasteiger partial charge in [0.1, 0.15) is 0 Å². The van der Waals surface area contributed by atoms with E-state index in [4.69, 9.17) is 4.74 Å². The third-order valence-electron chi connectivity index (χ3n) is 5.05. The molecule has 0 spiro atoms. The summed E-state index contributed by atoms with van der Waals surface area (Å²) in [5, 5.41) is 0. The quantitative estimate of drug-likeness (QED) is 0.746. The standard InChI is InChI=1S/C22H27NO2/c1-3-17-10-12-19(13-11-17)20-15-23(14-18-8-6-5-7-9-18)16-21(20)22(24)25-4-2/h5-13,20-21H,3-4,14-16H2,1-2H3. The first kappa shape index (κ1) is 17.7. The van der Waals surface area contributed by atoms with Crippen LogP contribution in [0, 0.1) is 5.92 Å². The highest BCUT2D eigenvalue weighted by atomic mass is 16.5. The summed E-state index contributed by atoms with van der Waals surface area (Å²) in [6, 6.07) is 19.2. The van der Waals surface area contributed by atoms with Gasteiger partial charge in [0.05, 0.1) is 12.5 Å². The third kappa shape index (κ3) is 4.29. The van der Waals surface area contributed by atoms with Crippen molar-refractivity contribution in [1.29, 1.82) is 0 Å². The minimum atomic E-state index is -0.0869. The van der Waals surface area contributed by atoms with Crippen LogP contribution >= 0.6 is 0 Å². The molecule has 1 aliphatic heterocycles. The van der Waals surface area contributed by atoms with Crippen molar-refractivity contribution in [3.05, 3.63) is 71.3 Å². The Balaban J connectivity index is 1.78. The average Bonchev–Trinajstić information content (AvgIpc) is 3.07. The van der Waals surface area contributed by atoms with Crippen molar-refractivity contribution in [3.8, 4) is 0 Å². The first-order valence-electron chi connectivity index (χ1n) is 9.23. The van der Waals surface area contributed by atoms with Gasteiger partial charge in [-0.2, -0.15) is 0 Å². The van der Waals surface area contributed by atoms with Gasteiger partial charge in [0.25, 0.3) is 0 Å². The number of carbonyl (C=O) groups excluding carboxylic acids is 1. The molecule has 2 aromatic carbocycles. The van der Waals surface area contributed by atoms with Crippen molar-refractivity contribution >= 4 is 5.97 Å². The van der Waals surface area contributed by atoms with Crippen molar-refractivity contribution in [2.75, 3.05) is 19.7 Å². The highest BCUT2D eigenvalue weighted by molar-refractivity contribution is 5.74. The summed E-state index contributed by atoms with van der Waals surface area (Å²) in [6.45, 7) is 7.00. The predicted molar refractivity (Wildman–Crippen MR) is 100 cm³/mol. The van der Waals surface area contributed by atoms with Crippen molar-refractivity contribution in [2.45, 2.75) is 32.7 Å². The first-order chi connectivity index (χ1) is 12.2. The van der Waals surface area contributed by atoms with Gasteiger partial charge in [-0.15, -0.1) is 0 Å². The van der Waals surface area contributed by atoms with Crippen LogP contribution in [0.25, 0.3) is 0 Å². The lowest BCUT2D eigenvalue weighted by Gasteiger charge is -2.17. The maximum Gasteiger partial charge on any atom is 0.310 e. The van der Waals surface area contributed by atoms with Crippen molar-refractivity contribution in [3.63, 3.8) is 0 Å². The zero-order valence-corrected chi connectivity index (χ0v) is 15.2. The van der Waals surface area contributed by atoms with E-state index in [0.717, 1.165) is 26.1 Å². The summed E-state index contributed by atoms with van der Waals surface area (Å²) in [6.07, 6.45) is 1.03. The number of hydrogen-bond acceptors (Lipinski definition) is 3. The maximum absolute atomic E-state index is 12.5. The lowest BCUT2D eigenvalue weighted by Crippen LogP contribution is -2.25. The SMILES string of the molecule is CCOC(=O)C1CN(Cc2ccccc2)CC1c1ccc(CC)cc1. The van der Waals surface area contributed by atoms with Crippen LogP contribution in [0.1, 0.15) is 36.5 Å². The zero-order chi connectivity index (χ0) is 17.6. The second-order valence-electron chi connectivity index (χ2n) is 6.74. The summed E-state index contributed by atoms with van der Waals surface area (Å²) < 4.78 is 5.36. The molecule has 3 nitrogen and oxygen atoms in total. The van der Waals surface area contributed by atoms with E-state index >= 15 is 0 Å². The van der Waals surface area contributed by atoms with Gasteiger partial charge < -0.3 is 4.74 Å². The number of carbonyl (C=O) groups is 1. The monoisotopic (exact) mass is 337 g/mol. The molecule has 3 rings (SSSR count). The van der Waals surface area contributed by atoms with E-state index in [2.05, 4.69) is 60.4 Å². The van der Waals surface area contributed by atoms with Crippen LogP contribution in [0.5, 0.6) is 0 Å². The highest BCUT2D eigenvalue weighted by Crippen LogP contribution is 2.34. The van der Waals surface area contributed by atoms with Gasteiger partial charge in [-0.05, 0) is 30.0 Å². The number of rotatable bonds is 6. The molecule has 3 heteroatoms. The molecule has 2 atom stereocenters. The Labute approximate surface area is 150 Å². The number of hydrogen-bond donors (Lipinski definition) is 0. The van der Waals surface area contributed by atoms with E-state index in [1.165, 1.54) is 16.7 Å². The van der Waals surface area contributed by atoms with E-state index in [1.54, 1.807) is 0 Å². The zero-order valence-electron chi connectivity index (χ0n) is 15.2. The van der Waals surface area contributed by atoms with Crippen LogP contribution in [0.2, 0.25) is 0 Å². The number of esters is 1. The van der Waals surface area contributed by atoms with Gasteiger partial charge in [-0.1, -0.05) is 61.5 Å². The van der Waals surface area contributed by atoms with Crippen LogP contribution in [0.15, 0.2) is 54.6 Å². The van der Waals surface area contributed by atoms with Gasteiger partial charge in [-0.3, -0.25) is 9.69 Å². The normalized spacial score (nSPS) is 20.6. The largest absolute Gasteiger partial charge is 0.466 e. The van der Waals surface area contributed by atoms with Crippen LogP contribution in [0.3, 0.4) is 0 Å². The summed E-state index contributed by atoms with van der Waals surface area (Å²) in [5.41, 5.74) is 3.86. The maximum atomic E-state index is 12.5. The van der Waals surface area contributed by atoms with Crippen LogP contribution < -0.4 is 0 Å². The lowest BCUT2D eigenvalue weighted by atomic mass is 9.88. The van der Waals surface area contributed by atoms with Crippen LogP contribution in [-0.2, 0) is 22.5 Å². The van der Waals surface area contributed by atoms with Crippen LogP contribution in [-0.4, -0.2) is 30.6 Å². The highest BCUT2D eigenvalue weighted by Gasteiger charge is 2.39. The Kier molecular flexibility index (Phi) is 5.87. The smallest absolute Gasteiger partial charge is 0.310 e. The fraction of sp³-hybridized carbons (Fsp3) is 0.409. The molecule has 2 unspecified atom stereocenters. The molecule has 1 fully saturated rings. The molecular weight excluding hydrogens is 310 g/mol. The molecule has 2 aromatic rings. The Morgan fingerprint density at radius 3 is 2.36 bits per heavy atom. The van der Waals surface area contributed by atoms with E-state index in [0.29, 0.717) is 6.61 Å². The molecule has 25 heavy (non-hydrogen) atoms. The average molecular weight is 337 g/mol. The Hall–Kier alpha value is -2.13. The third-order valence-corrected chi connectivity index (χ3v) is 5.05. The minimum Gasteiger partial charge on any atom is -0.466 e. The summed E-state index contributed by atoms with van der Waals surface area (Å²) in [5.74, 6) is 0.0486. The van der Waals surface area contributed by atoms with Crippen molar-refractivity contribution in [1.82, 2.24) is 4.90 Å². The molecule has 132 valence electrons. The van der Waals surface area contributed by atoms with E-state index in [9.17, 15) is 4.79 Å². The molecule has 0 aliphatic carbocycles. The van der Waals surface area contributed by atoms with E-state index in [-0.39, 0.29) is 17.8 Å². The van der Waals surface area contributed by atoms with Gasteiger partial charge >= 0.3 is 5.97 Å². The Morgan fingerprint density at radius 1 is 1.00 bits per heavy atom. The number of nitrogens with zero attached hydrogens (tertiary/aromatic N) is 1. The van der Waals surface area contributed by atoms with Gasteiger partial charge in [-0.25, -0.2) is 0 Å². The predicted octanol–water partition coefficient (Wildman–Crippen LogP) is 4.03. The summed E-state index contributed by atoms with van der Waals surface area (Å²) in [7, 11) is 0. The van der Waals surface area contributed by atoms with E-state index in [1.807, 2.05) is 13.0 Å². The Morgan fingerprint density at radius 2 is 1.72 bits per heavy atom. The molecule has 0 amide bonds. The fourth-order valence-electron chi connectivity index (χ4n) is 3.68. The van der Waals surface area contributed by atoms with Gasteiger partial charge in [0.2, 0.25) is 0 Å². The molecule has 0 saturated carbocycles. The van der Waals surface area contributed by atoms with Crippen molar-refractivity contribution in [2.24, 2.45) is 5.92 Å². The number of likely N-dealkylation sites (tertiary alicyclic amines) is 1. The molecule has 0 radical (unpaired) electrons. The fourth-order valence-corrected chi connectivity index (χ4v) is 3.68. The molecular formula is C22H27NO2. The van der Waals surface area contributed by atoms with E-state index < -0.39 is 0 Å². The second-order valence-corrected chi connectivity index (χ2v) is 6.74. The molecule has 0 aromatic heterocycles. The number of ether oxygens (including phenoxy) is 1. The second kappa shape index (κ2) is 8.30. The number of aryl methyl sites for hydroxylation is 1. The minimum absolute atomic E-state index is 0.0670. The molecule has 1 heterocycles. The Bertz CT molecular complexity index is 681. The first-order valence-corrected chi connectivity index (χ1v) is 9.23. The molecule has 1 aliphatic rings. The van der Waals surface area contributed by atoms with Gasteiger partial charge in [0.15, 0.2) is 0 Å². The van der Waals surface area contributed by atoms with Crippen LogP contribution in [0.4, 0.5) is 0 Å². The topological polar surface area (TPSA) is 29.5 Å². The molecule has 1 saturated heterocycles. The number of benzene rings is 2.